The van der Waals surface area contributed by atoms with Gasteiger partial charge in [0.05, 0.1) is 18.1 Å². The highest BCUT2D eigenvalue weighted by molar-refractivity contribution is 7.98. The molecule has 8 heteroatoms. The first-order chi connectivity index (χ1) is 13.3. The van der Waals surface area contributed by atoms with Gasteiger partial charge in [0, 0.05) is 25.2 Å². The Balaban J connectivity index is 1.52. The van der Waals surface area contributed by atoms with Crippen molar-refractivity contribution in [3.63, 3.8) is 0 Å². The molecular formula is C19H22N6OS. The molecule has 0 radical (unpaired) electrons. The number of amides is 1. The molecule has 1 N–H and O–H groups in total. The second kappa shape index (κ2) is 7.96. The van der Waals surface area contributed by atoms with E-state index < -0.39 is 0 Å². The van der Waals surface area contributed by atoms with Crippen molar-refractivity contribution >= 4 is 34.5 Å². The molecule has 1 amide bonds. The van der Waals surface area contributed by atoms with Gasteiger partial charge in [-0.3, -0.25) is 4.79 Å². The topological polar surface area (TPSA) is 75.9 Å². The Hall–Kier alpha value is -2.61. The summed E-state index contributed by atoms with van der Waals surface area (Å²) in [6.45, 7) is 3.10. The number of benzene rings is 1. The minimum atomic E-state index is -0.0794. The molecule has 0 spiro atoms. The summed E-state index contributed by atoms with van der Waals surface area (Å²) in [5, 5.41) is 9.17. The van der Waals surface area contributed by atoms with E-state index >= 15 is 0 Å². The molecule has 4 rings (SSSR count). The van der Waals surface area contributed by atoms with Crippen molar-refractivity contribution in [1.82, 2.24) is 25.1 Å². The van der Waals surface area contributed by atoms with Crippen LogP contribution in [0.5, 0.6) is 0 Å². The van der Waals surface area contributed by atoms with E-state index in [-0.39, 0.29) is 5.91 Å². The molecule has 1 saturated heterocycles. The predicted molar refractivity (Wildman–Crippen MR) is 107 cm³/mol. The van der Waals surface area contributed by atoms with Gasteiger partial charge >= 0.3 is 0 Å². The van der Waals surface area contributed by atoms with Crippen LogP contribution in [0.3, 0.4) is 0 Å². The van der Waals surface area contributed by atoms with E-state index in [1.54, 1.807) is 12.1 Å². The van der Waals surface area contributed by atoms with Gasteiger partial charge in [0.2, 0.25) is 0 Å². The fourth-order valence-electron chi connectivity index (χ4n) is 3.31. The zero-order valence-corrected chi connectivity index (χ0v) is 16.1. The molecule has 0 atom stereocenters. The number of rotatable bonds is 6. The molecule has 0 saturated carbocycles. The van der Waals surface area contributed by atoms with Gasteiger partial charge in [-0.15, -0.1) is 0 Å². The lowest BCUT2D eigenvalue weighted by atomic mass is 10.2. The van der Waals surface area contributed by atoms with Gasteiger partial charge < -0.3 is 10.2 Å². The third-order valence-corrected chi connectivity index (χ3v) is 5.24. The molecule has 1 fully saturated rings. The lowest BCUT2D eigenvalue weighted by Gasteiger charge is -2.17. The Bertz CT molecular complexity index is 936. The Labute approximate surface area is 162 Å². The molecule has 27 heavy (non-hydrogen) atoms. The Morgan fingerprint density at radius 3 is 2.70 bits per heavy atom. The van der Waals surface area contributed by atoms with Crippen molar-refractivity contribution in [2.45, 2.75) is 24.5 Å². The molecule has 1 aliphatic heterocycles. The normalized spacial score (nSPS) is 14.0. The first kappa shape index (κ1) is 17.8. The van der Waals surface area contributed by atoms with E-state index in [4.69, 9.17) is 4.98 Å². The molecule has 1 aliphatic rings. The SMILES string of the molecule is CSc1nc(N2CCCC2)c2cnn(CCNC(=O)c3ccccc3)c2n1. The van der Waals surface area contributed by atoms with E-state index in [0.29, 0.717) is 18.7 Å². The van der Waals surface area contributed by atoms with Crippen LogP contribution in [0.4, 0.5) is 5.82 Å². The first-order valence-corrected chi connectivity index (χ1v) is 10.3. The minimum absolute atomic E-state index is 0.0794. The van der Waals surface area contributed by atoms with Crippen molar-refractivity contribution in [1.29, 1.82) is 0 Å². The number of thioether (sulfide) groups is 1. The summed E-state index contributed by atoms with van der Waals surface area (Å²) in [4.78, 5) is 23.9. The molecular weight excluding hydrogens is 360 g/mol. The van der Waals surface area contributed by atoms with Gasteiger partial charge in [-0.05, 0) is 31.2 Å². The van der Waals surface area contributed by atoms with E-state index in [2.05, 4.69) is 20.3 Å². The number of carbonyl (C=O) groups is 1. The zero-order chi connectivity index (χ0) is 18.6. The highest BCUT2D eigenvalue weighted by Gasteiger charge is 2.20. The van der Waals surface area contributed by atoms with Crippen molar-refractivity contribution in [3.05, 3.63) is 42.1 Å². The van der Waals surface area contributed by atoms with Gasteiger partial charge in [0.15, 0.2) is 10.8 Å². The van der Waals surface area contributed by atoms with Crippen molar-refractivity contribution in [2.24, 2.45) is 0 Å². The van der Waals surface area contributed by atoms with Crippen LogP contribution in [0.1, 0.15) is 23.2 Å². The average molecular weight is 382 g/mol. The number of anilines is 1. The summed E-state index contributed by atoms with van der Waals surface area (Å²) in [6.07, 6.45) is 6.21. The van der Waals surface area contributed by atoms with Gasteiger partial charge in [0.25, 0.3) is 5.91 Å². The monoisotopic (exact) mass is 382 g/mol. The third kappa shape index (κ3) is 3.75. The van der Waals surface area contributed by atoms with Gasteiger partial charge in [0.1, 0.15) is 5.82 Å². The molecule has 0 bridgehead atoms. The summed E-state index contributed by atoms with van der Waals surface area (Å²) in [6, 6.07) is 9.22. The van der Waals surface area contributed by atoms with Crippen LogP contribution in [0.2, 0.25) is 0 Å². The Kier molecular flexibility index (Phi) is 5.24. The van der Waals surface area contributed by atoms with Crippen molar-refractivity contribution in [2.75, 3.05) is 30.8 Å². The molecule has 0 aliphatic carbocycles. The molecule has 2 aromatic heterocycles. The average Bonchev–Trinajstić information content (AvgIpc) is 3.38. The van der Waals surface area contributed by atoms with Crippen LogP contribution in [-0.2, 0) is 6.54 Å². The quantitative estimate of drug-likeness (QED) is 0.522. The summed E-state index contributed by atoms with van der Waals surface area (Å²) < 4.78 is 1.85. The van der Waals surface area contributed by atoms with Crippen molar-refractivity contribution < 1.29 is 4.79 Å². The number of carbonyl (C=O) groups excluding carboxylic acids is 1. The summed E-state index contributed by atoms with van der Waals surface area (Å²) >= 11 is 1.53. The second-order valence-electron chi connectivity index (χ2n) is 6.45. The van der Waals surface area contributed by atoms with E-state index in [9.17, 15) is 4.79 Å². The molecule has 3 aromatic rings. The van der Waals surface area contributed by atoms with Crippen LogP contribution in [-0.4, -0.2) is 51.5 Å². The van der Waals surface area contributed by atoms with Crippen LogP contribution in [0.25, 0.3) is 11.0 Å². The van der Waals surface area contributed by atoms with Gasteiger partial charge in [-0.1, -0.05) is 30.0 Å². The first-order valence-electron chi connectivity index (χ1n) is 9.12. The van der Waals surface area contributed by atoms with Crippen LogP contribution < -0.4 is 10.2 Å². The largest absolute Gasteiger partial charge is 0.356 e. The number of aromatic nitrogens is 4. The molecule has 1 aromatic carbocycles. The molecule has 3 heterocycles. The Morgan fingerprint density at radius 1 is 1.19 bits per heavy atom. The fourth-order valence-corrected chi connectivity index (χ4v) is 3.67. The van der Waals surface area contributed by atoms with E-state index in [1.165, 1.54) is 24.6 Å². The Morgan fingerprint density at radius 2 is 1.96 bits per heavy atom. The summed E-state index contributed by atoms with van der Waals surface area (Å²) in [5.41, 5.74) is 1.48. The second-order valence-corrected chi connectivity index (χ2v) is 7.23. The van der Waals surface area contributed by atoms with Crippen molar-refractivity contribution in [3.8, 4) is 0 Å². The lowest BCUT2D eigenvalue weighted by Crippen LogP contribution is -2.27. The number of hydrogen-bond acceptors (Lipinski definition) is 6. The number of fused-ring (bicyclic) bond motifs is 1. The third-order valence-electron chi connectivity index (χ3n) is 4.69. The van der Waals surface area contributed by atoms with Gasteiger partial charge in [-0.25, -0.2) is 14.6 Å². The summed E-state index contributed by atoms with van der Waals surface area (Å²) in [7, 11) is 0. The zero-order valence-electron chi connectivity index (χ0n) is 15.3. The molecule has 7 nitrogen and oxygen atoms in total. The van der Waals surface area contributed by atoms with E-state index in [1.807, 2.05) is 35.3 Å². The number of nitrogens with zero attached hydrogens (tertiary/aromatic N) is 5. The standard InChI is InChI=1S/C19H22N6OS/c1-27-19-22-16(24-10-5-6-11-24)15-13-21-25(17(15)23-19)12-9-20-18(26)14-7-3-2-4-8-14/h2-4,7-8,13H,5-6,9-12H2,1H3,(H,20,26). The van der Waals surface area contributed by atoms with Crippen LogP contribution >= 0.6 is 11.8 Å². The lowest BCUT2D eigenvalue weighted by molar-refractivity contribution is 0.0952. The van der Waals surface area contributed by atoms with E-state index in [0.717, 1.165) is 35.1 Å². The predicted octanol–water partition coefficient (Wildman–Crippen LogP) is 2.58. The fraction of sp³-hybridized carbons (Fsp3) is 0.368. The smallest absolute Gasteiger partial charge is 0.251 e. The highest BCUT2D eigenvalue weighted by atomic mass is 32.2. The van der Waals surface area contributed by atoms with Gasteiger partial charge in [-0.2, -0.15) is 5.10 Å². The number of hydrogen-bond donors (Lipinski definition) is 1. The molecule has 140 valence electrons. The maximum atomic E-state index is 12.2. The maximum absolute atomic E-state index is 12.2. The van der Waals surface area contributed by atoms with Crippen LogP contribution in [0.15, 0.2) is 41.7 Å². The minimum Gasteiger partial charge on any atom is -0.356 e. The summed E-state index contributed by atoms with van der Waals surface area (Å²) in [5.74, 6) is 0.894. The van der Waals surface area contributed by atoms with Crippen LogP contribution in [0, 0.1) is 0 Å². The highest BCUT2D eigenvalue weighted by Crippen LogP contribution is 2.28. The maximum Gasteiger partial charge on any atom is 0.251 e. The number of nitrogens with one attached hydrogen (secondary N) is 1. The molecule has 0 unspecified atom stereocenters.